The minimum Gasteiger partial charge on any atom is -0.493 e. The lowest BCUT2D eigenvalue weighted by molar-refractivity contribution is 0.357. The van der Waals surface area contributed by atoms with E-state index >= 15 is 0 Å². The molecular weight excluding hydrogens is 222 g/mol. The van der Waals surface area contributed by atoms with Crippen molar-refractivity contribution in [2.24, 2.45) is 0 Å². The van der Waals surface area contributed by atoms with E-state index in [4.69, 9.17) is 4.74 Å². The van der Waals surface area contributed by atoms with E-state index in [2.05, 4.69) is 23.2 Å². The number of aromatic nitrogens is 1. The Morgan fingerprint density at radius 2 is 2.11 bits per heavy atom. The van der Waals surface area contributed by atoms with Crippen LogP contribution in [0.25, 0.3) is 12.2 Å². The van der Waals surface area contributed by atoms with Gasteiger partial charge in [-0.25, -0.2) is 0 Å². The van der Waals surface area contributed by atoms with E-state index in [9.17, 15) is 0 Å². The van der Waals surface area contributed by atoms with E-state index in [1.165, 1.54) is 11.1 Å². The molecule has 2 nitrogen and oxygen atoms in total. The summed E-state index contributed by atoms with van der Waals surface area (Å²) in [6, 6.07) is 12.4. The van der Waals surface area contributed by atoms with E-state index in [1.807, 2.05) is 37.3 Å². The summed E-state index contributed by atoms with van der Waals surface area (Å²) in [5, 5.41) is 0. The van der Waals surface area contributed by atoms with Gasteiger partial charge in [0.05, 0.1) is 12.3 Å². The van der Waals surface area contributed by atoms with Gasteiger partial charge in [-0.2, -0.15) is 0 Å². The number of aryl methyl sites for hydroxylation is 1. The number of pyridine rings is 1. The van der Waals surface area contributed by atoms with Crippen LogP contribution in [0.3, 0.4) is 0 Å². The molecule has 2 heteroatoms. The molecule has 1 aromatic carbocycles. The zero-order valence-corrected chi connectivity index (χ0v) is 10.4. The van der Waals surface area contributed by atoms with Crippen LogP contribution >= 0.6 is 0 Å². The summed E-state index contributed by atoms with van der Waals surface area (Å²) < 4.78 is 5.50. The molecule has 0 saturated carbocycles. The molecule has 1 aromatic heterocycles. The van der Waals surface area contributed by atoms with Crippen molar-refractivity contribution in [1.29, 1.82) is 0 Å². The molecule has 0 saturated heterocycles. The molecule has 0 aliphatic carbocycles. The summed E-state index contributed by atoms with van der Waals surface area (Å²) in [5.74, 6) is 1.03. The SMILES string of the molecule is Cc1cccc(C=Cc2ccc3c(c2)CCO3)n1. The Bertz CT molecular complexity index is 602. The molecule has 18 heavy (non-hydrogen) atoms. The zero-order chi connectivity index (χ0) is 12.4. The van der Waals surface area contributed by atoms with E-state index in [-0.39, 0.29) is 0 Å². The minimum atomic E-state index is 0.807. The number of hydrogen-bond acceptors (Lipinski definition) is 2. The summed E-state index contributed by atoms with van der Waals surface area (Å²) in [7, 11) is 0. The molecule has 0 fully saturated rings. The molecule has 2 aromatic rings. The second kappa shape index (κ2) is 4.65. The number of benzene rings is 1. The van der Waals surface area contributed by atoms with Gasteiger partial charge >= 0.3 is 0 Å². The molecule has 2 heterocycles. The molecule has 0 spiro atoms. The first kappa shape index (κ1) is 11.0. The Morgan fingerprint density at radius 1 is 1.17 bits per heavy atom. The highest BCUT2D eigenvalue weighted by Gasteiger charge is 2.10. The number of hydrogen-bond donors (Lipinski definition) is 0. The van der Waals surface area contributed by atoms with Gasteiger partial charge < -0.3 is 4.74 Å². The number of fused-ring (bicyclic) bond motifs is 1. The molecule has 0 N–H and O–H groups in total. The molecule has 0 unspecified atom stereocenters. The third kappa shape index (κ3) is 2.28. The first-order chi connectivity index (χ1) is 8.81. The Kier molecular flexibility index (Phi) is 2.85. The monoisotopic (exact) mass is 237 g/mol. The van der Waals surface area contributed by atoms with Gasteiger partial charge in [-0.15, -0.1) is 0 Å². The fourth-order valence-electron chi connectivity index (χ4n) is 2.15. The maximum Gasteiger partial charge on any atom is 0.122 e. The summed E-state index contributed by atoms with van der Waals surface area (Å²) >= 11 is 0. The summed E-state index contributed by atoms with van der Waals surface area (Å²) in [6.07, 6.45) is 5.16. The van der Waals surface area contributed by atoms with Gasteiger partial charge in [-0.1, -0.05) is 18.2 Å². The first-order valence-corrected chi connectivity index (χ1v) is 6.19. The maximum atomic E-state index is 5.50. The average molecular weight is 237 g/mol. The summed E-state index contributed by atoms with van der Waals surface area (Å²) in [5.41, 5.74) is 4.53. The van der Waals surface area contributed by atoms with Gasteiger partial charge in [0.25, 0.3) is 0 Å². The van der Waals surface area contributed by atoms with Crippen LogP contribution in [0.4, 0.5) is 0 Å². The lowest BCUT2D eigenvalue weighted by atomic mass is 10.1. The second-order valence-corrected chi connectivity index (χ2v) is 4.50. The van der Waals surface area contributed by atoms with E-state index in [1.54, 1.807) is 0 Å². The van der Waals surface area contributed by atoms with Crippen molar-refractivity contribution in [2.75, 3.05) is 6.61 Å². The van der Waals surface area contributed by atoms with Crippen molar-refractivity contribution < 1.29 is 4.74 Å². The van der Waals surface area contributed by atoms with Crippen LogP contribution in [-0.4, -0.2) is 11.6 Å². The van der Waals surface area contributed by atoms with Crippen LogP contribution in [0.15, 0.2) is 36.4 Å². The molecule has 1 aliphatic heterocycles. The molecule has 0 bridgehead atoms. The van der Waals surface area contributed by atoms with E-state index < -0.39 is 0 Å². The normalized spacial score (nSPS) is 13.6. The van der Waals surface area contributed by atoms with Gasteiger partial charge in [0, 0.05) is 12.1 Å². The zero-order valence-electron chi connectivity index (χ0n) is 10.4. The lowest BCUT2D eigenvalue weighted by Crippen LogP contribution is -1.85. The Balaban J connectivity index is 1.84. The molecule has 0 atom stereocenters. The van der Waals surface area contributed by atoms with Crippen LogP contribution in [0, 0.1) is 6.92 Å². The number of rotatable bonds is 2. The van der Waals surface area contributed by atoms with Gasteiger partial charge in [0.2, 0.25) is 0 Å². The highest BCUT2D eigenvalue weighted by Crippen LogP contribution is 2.26. The van der Waals surface area contributed by atoms with Crippen molar-refractivity contribution in [1.82, 2.24) is 4.98 Å². The molecular formula is C16H15NO. The van der Waals surface area contributed by atoms with E-state index in [0.29, 0.717) is 0 Å². The van der Waals surface area contributed by atoms with Crippen LogP contribution in [0.2, 0.25) is 0 Å². The van der Waals surface area contributed by atoms with Gasteiger partial charge in [0.1, 0.15) is 5.75 Å². The maximum absolute atomic E-state index is 5.50. The predicted octanol–water partition coefficient (Wildman–Crippen LogP) is 3.50. The smallest absolute Gasteiger partial charge is 0.122 e. The molecule has 1 aliphatic rings. The van der Waals surface area contributed by atoms with Crippen LogP contribution in [0.5, 0.6) is 5.75 Å². The Morgan fingerprint density at radius 3 is 3.00 bits per heavy atom. The van der Waals surface area contributed by atoms with Crippen molar-refractivity contribution in [3.8, 4) is 5.75 Å². The number of nitrogens with zero attached hydrogens (tertiary/aromatic N) is 1. The van der Waals surface area contributed by atoms with Crippen molar-refractivity contribution >= 4 is 12.2 Å². The fraction of sp³-hybridized carbons (Fsp3) is 0.188. The molecule has 0 radical (unpaired) electrons. The van der Waals surface area contributed by atoms with Crippen LogP contribution < -0.4 is 4.74 Å². The third-order valence-corrected chi connectivity index (χ3v) is 3.07. The second-order valence-electron chi connectivity index (χ2n) is 4.50. The lowest BCUT2D eigenvalue weighted by Gasteiger charge is -2.00. The van der Waals surface area contributed by atoms with Crippen molar-refractivity contribution in [3.63, 3.8) is 0 Å². The van der Waals surface area contributed by atoms with Crippen molar-refractivity contribution in [2.45, 2.75) is 13.3 Å². The van der Waals surface area contributed by atoms with Crippen LogP contribution in [0.1, 0.15) is 22.5 Å². The quantitative estimate of drug-likeness (QED) is 0.797. The number of ether oxygens (including phenoxy) is 1. The minimum absolute atomic E-state index is 0.807. The predicted molar refractivity (Wildman–Crippen MR) is 73.5 cm³/mol. The van der Waals surface area contributed by atoms with Crippen LogP contribution in [-0.2, 0) is 6.42 Å². The summed E-state index contributed by atoms with van der Waals surface area (Å²) in [6.45, 7) is 2.81. The molecule has 3 rings (SSSR count). The standard InChI is InChI=1S/C16H15NO/c1-12-3-2-4-15(17-12)7-5-13-6-8-16-14(11-13)9-10-18-16/h2-8,11H,9-10H2,1H3. The van der Waals surface area contributed by atoms with Gasteiger partial charge in [0.15, 0.2) is 0 Å². The Labute approximate surface area is 107 Å². The topological polar surface area (TPSA) is 22.1 Å². The highest BCUT2D eigenvalue weighted by atomic mass is 16.5. The van der Waals surface area contributed by atoms with Gasteiger partial charge in [-0.3, -0.25) is 4.98 Å². The highest BCUT2D eigenvalue weighted by molar-refractivity contribution is 5.69. The molecule has 90 valence electrons. The van der Waals surface area contributed by atoms with E-state index in [0.717, 1.165) is 30.2 Å². The largest absolute Gasteiger partial charge is 0.493 e. The molecule has 0 amide bonds. The summed E-state index contributed by atoms with van der Waals surface area (Å²) in [4.78, 5) is 4.45. The third-order valence-electron chi connectivity index (χ3n) is 3.07. The Hall–Kier alpha value is -2.09. The average Bonchev–Trinajstić information content (AvgIpc) is 2.84. The fourth-order valence-corrected chi connectivity index (χ4v) is 2.15. The van der Waals surface area contributed by atoms with Gasteiger partial charge in [-0.05, 0) is 48.4 Å². The van der Waals surface area contributed by atoms with Crippen molar-refractivity contribution in [3.05, 3.63) is 58.9 Å². The first-order valence-electron chi connectivity index (χ1n) is 6.19.